The molecule has 0 amide bonds. The monoisotopic (exact) mass is 361 g/mol. The highest BCUT2D eigenvalue weighted by Crippen LogP contribution is 2.41. The lowest BCUT2D eigenvalue weighted by molar-refractivity contribution is -0.138. The van der Waals surface area contributed by atoms with Crippen molar-refractivity contribution < 1.29 is 19.1 Å². The van der Waals surface area contributed by atoms with E-state index in [0.29, 0.717) is 33.1 Å². The van der Waals surface area contributed by atoms with Crippen molar-refractivity contribution in [3.63, 3.8) is 0 Å². The van der Waals surface area contributed by atoms with Crippen molar-refractivity contribution in [1.29, 1.82) is 0 Å². The Labute approximate surface area is 152 Å². The van der Waals surface area contributed by atoms with Crippen LogP contribution in [0.1, 0.15) is 25.3 Å². The molecule has 0 spiro atoms. The fraction of sp³-hybridized carbons (Fsp3) is 0.263. The number of methoxy groups -OCH3 is 1. The third-order valence-electron chi connectivity index (χ3n) is 3.93. The molecule has 1 N–H and O–H groups in total. The molecule has 0 saturated heterocycles. The van der Waals surface area contributed by atoms with Gasteiger partial charge in [0.25, 0.3) is 0 Å². The molecule has 1 aliphatic rings. The molecule has 1 atom stereocenters. The van der Waals surface area contributed by atoms with Gasteiger partial charge in [-0.05, 0) is 25.5 Å². The summed E-state index contributed by atoms with van der Waals surface area (Å²) < 4.78 is 10.1. The first kappa shape index (κ1) is 18.8. The molecular weight excluding hydrogens is 342 g/mol. The fourth-order valence-electron chi connectivity index (χ4n) is 2.88. The van der Waals surface area contributed by atoms with Gasteiger partial charge in [-0.15, -0.1) is 0 Å². The van der Waals surface area contributed by atoms with Crippen LogP contribution in [0.3, 0.4) is 0 Å². The lowest BCUT2D eigenvalue weighted by Gasteiger charge is -2.30. The van der Waals surface area contributed by atoms with Gasteiger partial charge in [-0.3, -0.25) is 0 Å². The number of benzene rings is 1. The molecule has 1 aromatic carbocycles. The Morgan fingerprint density at radius 3 is 2.36 bits per heavy atom. The van der Waals surface area contributed by atoms with Gasteiger partial charge in [0.15, 0.2) is 0 Å². The first-order valence-corrected chi connectivity index (χ1v) is 8.09. The van der Waals surface area contributed by atoms with Crippen LogP contribution in [0.5, 0.6) is 0 Å². The van der Waals surface area contributed by atoms with E-state index in [-0.39, 0.29) is 6.61 Å². The van der Waals surface area contributed by atoms with Crippen LogP contribution in [0, 0.1) is 0 Å². The molecule has 6 heteroatoms. The number of carbonyl (C=O) groups is 2. The van der Waals surface area contributed by atoms with Gasteiger partial charge in [0.1, 0.15) is 6.61 Å². The fourth-order valence-corrected chi connectivity index (χ4v) is 3.12. The van der Waals surface area contributed by atoms with Crippen molar-refractivity contribution in [2.24, 2.45) is 0 Å². The molecule has 0 radical (unpaired) electrons. The largest absolute Gasteiger partial charge is 0.466 e. The molecule has 0 aliphatic carbocycles. The van der Waals surface area contributed by atoms with E-state index in [1.54, 1.807) is 38.1 Å². The number of ether oxygens (including phenoxy) is 2. The lowest BCUT2D eigenvalue weighted by atomic mass is 9.80. The molecule has 2 rings (SSSR count). The Balaban J connectivity index is 2.65. The Bertz CT molecular complexity index is 779. The molecular formula is C19H20ClNO4. The summed E-state index contributed by atoms with van der Waals surface area (Å²) in [5.74, 6) is -1.75. The molecule has 1 unspecified atom stereocenters. The first-order valence-electron chi connectivity index (χ1n) is 7.71. The third-order valence-corrected chi connectivity index (χ3v) is 4.28. The number of dihydropyridines is 1. The van der Waals surface area contributed by atoms with E-state index in [9.17, 15) is 9.59 Å². The number of hydrogen-bond donors (Lipinski definition) is 1. The predicted octanol–water partition coefficient (Wildman–Crippen LogP) is 3.48. The zero-order valence-corrected chi connectivity index (χ0v) is 15.1. The topological polar surface area (TPSA) is 64.6 Å². The minimum absolute atomic E-state index is 0.0705. The summed E-state index contributed by atoms with van der Waals surface area (Å²) in [6.45, 7) is 7.12. The minimum atomic E-state index is -0.681. The second-order valence-corrected chi connectivity index (χ2v) is 5.94. The van der Waals surface area contributed by atoms with E-state index in [1.165, 1.54) is 13.2 Å². The number of rotatable bonds is 5. The van der Waals surface area contributed by atoms with E-state index in [0.717, 1.165) is 0 Å². The standard InChI is InChI=1S/C19H20ClNO4/c1-5-10-25-19(23)16-12(3)21-11(2)15(18(22)24-4)17(16)13-8-6-7-9-14(13)20/h5-9,17,21H,1,10H2,2-4H3. The maximum absolute atomic E-state index is 12.6. The number of allylic oxidation sites excluding steroid dienone is 2. The summed E-state index contributed by atoms with van der Waals surface area (Å²) in [7, 11) is 1.30. The van der Waals surface area contributed by atoms with Crippen molar-refractivity contribution in [2.75, 3.05) is 13.7 Å². The van der Waals surface area contributed by atoms with E-state index in [4.69, 9.17) is 21.1 Å². The van der Waals surface area contributed by atoms with Crippen LogP contribution >= 0.6 is 11.6 Å². The molecule has 0 saturated carbocycles. The highest BCUT2D eigenvalue weighted by Gasteiger charge is 2.38. The summed E-state index contributed by atoms with van der Waals surface area (Å²) in [6, 6.07) is 7.08. The Kier molecular flexibility index (Phi) is 6.04. The summed E-state index contributed by atoms with van der Waals surface area (Å²) in [5, 5.41) is 3.51. The van der Waals surface area contributed by atoms with Gasteiger partial charge >= 0.3 is 11.9 Å². The van der Waals surface area contributed by atoms with Crippen LogP contribution in [0.4, 0.5) is 0 Å². The van der Waals surface area contributed by atoms with Crippen molar-refractivity contribution in [3.05, 3.63) is 70.0 Å². The SMILES string of the molecule is C=CCOC(=O)C1=C(C)NC(C)=C(C(=O)OC)C1c1ccccc1Cl. The molecule has 0 bridgehead atoms. The Morgan fingerprint density at radius 2 is 1.80 bits per heavy atom. The predicted molar refractivity (Wildman–Crippen MR) is 95.9 cm³/mol. The molecule has 1 aromatic rings. The van der Waals surface area contributed by atoms with Crippen LogP contribution in [0.2, 0.25) is 5.02 Å². The van der Waals surface area contributed by atoms with Crippen molar-refractivity contribution in [2.45, 2.75) is 19.8 Å². The number of esters is 2. The smallest absolute Gasteiger partial charge is 0.337 e. The average Bonchev–Trinajstić information content (AvgIpc) is 2.59. The normalized spacial score (nSPS) is 17.0. The number of nitrogens with one attached hydrogen (secondary N) is 1. The quantitative estimate of drug-likeness (QED) is 0.642. The van der Waals surface area contributed by atoms with Gasteiger partial charge in [0.05, 0.1) is 24.2 Å². The van der Waals surface area contributed by atoms with E-state index < -0.39 is 17.9 Å². The zero-order chi connectivity index (χ0) is 18.6. The van der Waals surface area contributed by atoms with E-state index >= 15 is 0 Å². The maximum Gasteiger partial charge on any atom is 0.337 e. The molecule has 0 fully saturated rings. The Hall–Kier alpha value is -2.53. The second kappa shape index (κ2) is 8.03. The Morgan fingerprint density at radius 1 is 1.20 bits per heavy atom. The maximum atomic E-state index is 12.6. The van der Waals surface area contributed by atoms with Gasteiger partial charge < -0.3 is 14.8 Å². The van der Waals surface area contributed by atoms with E-state index in [1.807, 2.05) is 0 Å². The van der Waals surface area contributed by atoms with Gasteiger partial charge in [-0.25, -0.2) is 9.59 Å². The zero-order valence-electron chi connectivity index (χ0n) is 14.4. The van der Waals surface area contributed by atoms with Gasteiger partial charge in [-0.1, -0.05) is 42.5 Å². The van der Waals surface area contributed by atoms with Crippen LogP contribution < -0.4 is 5.32 Å². The second-order valence-electron chi connectivity index (χ2n) is 5.54. The van der Waals surface area contributed by atoms with E-state index in [2.05, 4.69) is 11.9 Å². The van der Waals surface area contributed by atoms with Crippen LogP contribution in [-0.2, 0) is 19.1 Å². The summed E-state index contributed by atoms with van der Waals surface area (Å²) in [6.07, 6.45) is 1.48. The number of halogens is 1. The van der Waals surface area contributed by atoms with Crippen LogP contribution in [0.15, 0.2) is 59.5 Å². The van der Waals surface area contributed by atoms with Crippen molar-refractivity contribution in [3.8, 4) is 0 Å². The van der Waals surface area contributed by atoms with Crippen molar-refractivity contribution in [1.82, 2.24) is 5.32 Å². The number of hydrogen-bond acceptors (Lipinski definition) is 5. The highest BCUT2D eigenvalue weighted by molar-refractivity contribution is 6.31. The van der Waals surface area contributed by atoms with Gasteiger partial charge in [0.2, 0.25) is 0 Å². The van der Waals surface area contributed by atoms with Crippen LogP contribution in [0.25, 0.3) is 0 Å². The third kappa shape index (κ3) is 3.77. The molecule has 1 aliphatic heterocycles. The average molecular weight is 362 g/mol. The molecule has 5 nitrogen and oxygen atoms in total. The summed E-state index contributed by atoms with van der Waals surface area (Å²) >= 11 is 6.35. The summed E-state index contributed by atoms with van der Waals surface area (Å²) in [5.41, 5.74) is 2.49. The molecule has 1 heterocycles. The first-order chi connectivity index (χ1) is 11.9. The summed E-state index contributed by atoms with van der Waals surface area (Å²) in [4.78, 5) is 25.0. The minimum Gasteiger partial charge on any atom is -0.466 e. The molecule has 25 heavy (non-hydrogen) atoms. The van der Waals surface area contributed by atoms with Crippen LogP contribution in [-0.4, -0.2) is 25.7 Å². The van der Waals surface area contributed by atoms with Gasteiger partial charge in [-0.2, -0.15) is 0 Å². The lowest BCUT2D eigenvalue weighted by Crippen LogP contribution is -2.32. The molecule has 132 valence electrons. The highest BCUT2D eigenvalue weighted by atomic mass is 35.5. The van der Waals surface area contributed by atoms with Crippen molar-refractivity contribution >= 4 is 23.5 Å². The molecule has 0 aromatic heterocycles. The number of carbonyl (C=O) groups excluding carboxylic acids is 2. The van der Waals surface area contributed by atoms with Gasteiger partial charge in [0, 0.05) is 16.4 Å².